The second kappa shape index (κ2) is 16.1. The van der Waals surface area contributed by atoms with E-state index in [0.29, 0.717) is 11.5 Å². The number of phenols is 2. The van der Waals surface area contributed by atoms with Crippen molar-refractivity contribution in [1.29, 1.82) is 0 Å². The highest BCUT2D eigenvalue weighted by atomic mass is 32.2. The third kappa shape index (κ3) is 7.69. The van der Waals surface area contributed by atoms with Crippen LogP contribution in [-0.4, -0.2) is 16.5 Å². The van der Waals surface area contributed by atoms with Crippen LogP contribution in [0.25, 0.3) is 44.5 Å². The van der Waals surface area contributed by atoms with E-state index in [-0.39, 0.29) is 0 Å². The first kappa shape index (κ1) is 32.8. The zero-order valence-electron chi connectivity index (χ0n) is 26.7. The fourth-order valence-electron chi connectivity index (χ4n) is 5.64. The van der Waals surface area contributed by atoms with Crippen molar-refractivity contribution in [2.75, 3.05) is 6.26 Å². The molecule has 4 heteroatoms. The van der Waals surface area contributed by atoms with Gasteiger partial charge in [0.2, 0.25) is 0 Å². The van der Waals surface area contributed by atoms with Crippen LogP contribution in [0.2, 0.25) is 0 Å². The van der Waals surface area contributed by atoms with E-state index in [1.165, 1.54) is 10.5 Å². The van der Waals surface area contributed by atoms with Crippen LogP contribution < -0.4 is 0 Å². The van der Waals surface area contributed by atoms with Crippen molar-refractivity contribution in [2.45, 2.75) is 15.5 Å². The molecule has 7 aromatic carbocycles. The van der Waals surface area contributed by atoms with E-state index >= 15 is 0 Å². The summed E-state index contributed by atoms with van der Waals surface area (Å²) in [7, 11) is 0. The minimum absolute atomic E-state index is 0.330. The highest BCUT2D eigenvalue weighted by Gasteiger charge is 2.15. The predicted octanol–water partition coefficient (Wildman–Crippen LogP) is 12.5. The minimum atomic E-state index is 0.330. The molecule has 0 aliphatic rings. The van der Waals surface area contributed by atoms with Crippen molar-refractivity contribution >= 4 is 23.5 Å². The summed E-state index contributed by atoms with van der Waals surface area (Å²) in [5.74, 6) is 1.57. The molecule has 2 nitrogen and oxygen atoms in total. The molecule has 0 aliphatic carbocycles. The van der Waals surface area contributed by atoms with Crippen LogP contribution >= 0.6 is 23.5 Å². The van der Waals surface area contributed by atoms with Crippen LogP contribution in [0, 0.1) is 0 Å². The maximum atomic E-state index is 11.0. The lowest BCUT2D eigenvalue weighted by atomic mass is 9.97. The molecule has 0 saturated carbocycles. The molecule has 0 atom stereocenters. The Balaban J connectivity index is 0.000000173. The first-order valence-corrected chi connectivity index (χ1v) is 18.0. The maximum absolute atomic E-state index is 11.0. The Labute approximate surface area is 291 Å². The molecule has 2 N–H and O–H groups in total. The molecule has 0 heterocycles. The van der Waals surface area contributed by atoms with Gasteiger partial charge >= 0.3 is 0 Å². The molecule has 0 aromatic heterocycles. The van der Waals surface area contributed by atoms with Crippen LogP contribution in [-0.2, 0) is 5.75 Å². The van der Waals surface area contributed by atoms with E-state index in [2.05, 4.69) is 60.9 Å². The van der Waals surface area contributed by atoms with Gasteiger partial charge in [0, 0.05) is 37.8 Å². The lowest BCUT2D eigenvalue weighted by molar-refractivity contribution is 0.478. The topological polar surface area (TPSA) is 40.5 Å². The van der Waals surface area contributed by atoms with Crippen LogP contribution in [0.1, 0.15) is 5.56 Å². The summed E-state index contributed by atoms with van der Waals surface area (Å²) in [4.78, 5) is 2.33. The molecular formula is C44H36O2S2. The van der Waals surface area contributed by atoms with Crippen molar-refractivity contribution in [2.24, 2.45) is 0 Å². The lowest BCUT2D eigenvalue weighted by Crippen LogP contribution is -1.87. The van der Waals surface area contributed by atoms with E-state index in [9.17, 15) is 10.2 Å². The highest BCUT2D eigenvalue weighted by Crippen LogP contribution is 2.43. The highest BCUT2D eigenvalue weighted by molar-refractivity contribution is 7.99. The number of rotatable bonds is 8. The molecule has 236 valence electrons. The van der Waals surface area contributed by atoms with E-state index in [1.54, 1.807) is 23.5 Å². The number of thioether (sulfide) groups is 2. The third-order valence-electron chi connectivity index (χ3n) is 8.05. The lowest BCUT2D eigenvalue weighted by Gasteiger charge is -2.14. The zero-order chi connectivity index (χ0) is 33.1. The normalized spacial score (nSPS) is 10.6. The molecule has 0 spiro atoms. The number of aromatic hydroxyl groups is 2. The molecule has 7 aromatic rings. The Morgan fingerprint density at radius 2 is 0.750 bits per heavy atom. The van der Waals surface area contributed by atoms with E-state index in [1.807, 2.05) is 121 Å². The average Bonchev–Trinajstić information content (AvgIpc) is 3.16. The van der Waals surface area contributed by atoms with E-state index < -0.39 is 0 Å². The van der Waals surface area contributed by atoms with Crippen molar-refractivity contribution in [3.8, 4) is 56.0 Å². The first-order valence-electron chi connectivity index (χ1n) is 15.8. The van der Waals surface area contributed by atoms with Gasteiger partial charge in [-0.3, -0.25) is 0 Å². The van der Waals surface area contributed by atoms with Gasteiger partial charge in [-0.2, -0.15) is 0 Å². The molecular weight excluding hydrogens is 625 g/mol. The summed E-state index contributed by atoms with van der Waals surface area (Å²) in [5, 5.41) is 21.7. The van der Waals surface area contributed by atoms with Crippen LogP contribution in [0.15, 0.2) is 186 Å². The molecule has 0 aliphatic heterocycles. The predicted molar refractivity (Wildman–Crippen MR) is 206 cm³/mol. The number of hydrogen-bond acceptors (Lipinski definition) is 4. The van der Waals surface area contributed by atoms with Gasteiger partial charge in [0.1, 0.15) is 11.5 Å². The second-order valence-electron chi connectivity index (χ2n) is 11.1. The fourth-order valence-corrected chi connectivity index (χ4v) is 7.28. The Morgan fingerprint density at radius 3 is 1.25 bits per heavy atom. The molecule has 0 fully saturated rings. The SMILES string of the molecule is CSc1ccccc1-c1cccc(-c2ccccc2)c1O.Oc1c(-c2ccccc2)cccc1-c1ccccc1SCc1ccccc1. The van der Waals surface area contributed by atoms with Gasteiger partial charge in [-0.1, -0.05) is 164 Å². The zero-order valence-corrected chi connectivity index (χ0v) is 28.3. The number of hydrogen-bond donors (Lipinski definition) is 2. The summed E-state index contributed by atoms with van der Waals surface area (Å²) in [6, 6.07) is 58.8. The summed E-state index contributed by atoms with van der Waals surface area (Å²) in [6.07, 6.45) is 2.05. The largest absolute Gasteiger partial charge is 0.507 e. The Bertz CT molecular complexity index is 2080. The van der Waals surface area contributed by atoms with E-state index in [4.69, 9.17) is 0 Å². The molecule has 0 unspecified atom stereocenters. The van der Waals surface area contributed by atoms with Crippen molar-refractivity contribution < 1.29 is 10.2 Å². The number of phenolic OH excluding ortho intramolecular Hbond substituents is 2. The average molecular weight is 661 g/mol. The summed E-state index contributed by atoms with van der Waals surface area (Å²) in [6.45, 7) is 0. The van der Waals surface area contributed by atoms with Crippen molar-refractivity contribution in [3.63, 3.8) is 0 Å². The Morgan fingerprint density at radius 1 is 0.375 bits per heavy atom. The number of para-hydroxylation sites is 2. The Hall–Kier alpha value is -5.16. The third-order valence-corrected chi connectivity index (χ3v) is 9.99. The van der Waals surface area contributed by atoms with Crippen LogP contribution in [0.3, 0.4) is 0 Å². The van der Waals surface area contributed by atoms with Gasteiger partial charge < -0.3 is 10.2 Å². The van der Waals surface area contributed by atoms with Gasteiger partial charge in [0.15, 0.2) is 0 Å². The van der Waals surface area contributed by atoms with Crippen molar-refractivity contribution in [1.82, 2.24) is 0 Å². The summed E-state index contributed by atoms with van der Waals surface area (Å²) in [5.41, 5.74) is 8.94. The molecule has 48 heavy (non-hydrogen) atoms. The molecule has 0 radical (unpaired) electrons. The maximum Gasteiger partial charge on any atom is 0.131 e. The van der Waals surface area contributed by atoms with Gasteiger partial charge in [-0.05, 0) is 46.2 Å². The molecule has 0 amide bonds. The minimum Gasteiger partial charge on any atom is -0.507 e. The monoisotopic (exact) mass is 660 g/mol. The molecule has 0 bridgehead atoms. The quantitative estimate of drug-likeness (QED) is 0.159. The van der Waals surface area contributed by atoms with Gasteiger partial charge in [-0.25, -0.2) is 0 Å². The molecule has 0 saturated heterocycles. The number of benzene rings is 7. The standard InChI is InChI=1S/C25H20OS.C19H16OS/c26-25-21(20-12-5-2-6-13-20)15-9-16-23(25)22-14-7-8-17-24(22)27-18-19-10-3-1-4-11-19;1-21-18-13-6-5-10-16(18)17-12-7-11-15(19(17)20)14-8-3-2-4-9-14/h1-17,26H,18H2;2-13,20H,1H3. The smallest absolute Gasteiger partial charge is 0.131 e. The first-order chi connectivity index (χ1) is 23.6. The van der Waals surface area contributed by atoms with Crippen LogP contribution in [0.4, 0.5) is 0 Å². The summed E-state index contributed by atoms with van der Waals surface area (Å²) < 4.78 is 0. The van der Waals surface area contributed by atoms with Gasteiger partial charge in [0.25, 0.3) is 0 Å². The summed E-state index contributed by atoms with van der Waals surface area (Å²) >= 11 is 3.48. The van der Waals surface area contributed by atoms with E-state index in [0.717, 1.165) is 55.2 Å². The van der Waals surface area contributed by atoms with Crippen molar-refractivity contribution in [3.05, 3.63) is 181 Å². The fraction of sp³-hybridized carbons (Fsp3) is 0.0455. The second-order valence-corrected chi connectivity index (χ2v) is 13.0. The Kier molecular flexibility index (Phi) is 11.0. The van der Waals surface area contributed by atoms with Gasteiger partial charge in [-0.15, -0.1) is 23.5 Å². The molecule has 7 rings (SSSR count). The van der Waals surface area contributed by atoms with Gasteiger partial charge in [0.05, 0.1) is 0 Å². The van der Waals surface area contributed by atoms with Crippen LogP contribution in [0.5, 0.6) is 11.5 Å².